The first-order valence-electron chi connectivity index (χ1n) is 13.8. The summed E-state index contributed by atoms with van der Waals surface area (Å²) in [5.74, 6) is -0.510. The molecule has 0 radical (unpaired) electrons. The lowest BCUT2D eigenvalue weighted by Crippen LogP contribution is -2.52. The predicted octanol–water partition coefficient (Wildman–Crippen LogP) is 5.15. The van der Waals surface area contributed by atoms with Gasteiger partial charge in [0.25, 0.3) is 10.0 Å². The highest BCUT2D eigenvalue weighted by atomic mass is 32.2. The Balaban J connectivity index is 2.09. The first-order valence-corrected chi connectivity index (χ1v) is 15.2. The van der Waals surface area contributed by atoms with Crippen molar-refractivity contribution >= 4 is 27.5 Å². The van der Waals surface area contributed by atoms with Crippen LogP contribution in [0.2, 0.25) is 0 Å². The van der Waals surface area contributed by atoms with E-state index in [0.29, 0.717) is 5.75 Å². The molecule has 220 valence electrons. The van der Waals surface area contributed by atoms with Crippen LogP contribution in [0.3, 0.4) is 0 Å². The van der Waals surface area contributed by atoms with Crippen LogP contribution in [-0.2, 0) is 26.2 Å². The number of nitrogens with zero attached hydrogens (tertiary/aromatic N) is 2. The summed E-state index contributed by atoms with van der Waals surface area (Å²) in [4.78, 5) is 28.8. The minimum Gasteiger partial charge on any atom is -0.495 e. The van der Waals surface area contributed by atoms with E-state index in [0.717, 1.165) is 33.0 Å². The molecule has 9 heteroatoms. The van der Waals surface area contributed by atoms with Crippen LogP contribution >= 0.6 is 0 Å². The predicted molar refractivity (Wildman–Crippen MR) is 163 cm³/mol. The quantitative estimate of drug-likeness (QED) is 0.320. The molecule has 1 N–H and O–H groups in total. The van der Waals surface area contributed by atoms with E-state index in [2.05, 4.69) is 5.32 Å². The minimum atomic E-state index is -4.19. The van der Waals surface area contributed by atoms with Crippen molar-refractivity contribution in [2.24, 2.45) is 0 Å². The van der Waals surface area contributed by atoms with Gasteiger partial charge >= 0.3 is 0 Å². The second kappa shape index (κ2) is 13.7. The Morgan fingerprint density at radius 2 is 1.44 bits per heavy atom. The van der Waals surface area contributed by atoms with Crippen LogP contribution in [0.25, 0.3) is 0 Å². The molecule has 0 aliphatic heterocycles. The zero-order valence-electron chi connectivity index (χ0n) is 25.0. The molecular formula is C32H41N3O5S. The molecule has 41 heavy (non-hydrogen) atoms. The van der Waals surface area contributed by atoms with E-state index in [1.54, 1.807) is 31.2 Å². The van der Waals surface area contributed by atoms with E-state index in [9.17, 15) is 18.0 Å². The number of aryl methyl sites for hydroxylation is 3. The molecule has 0 fully saturated rings. The van der Waals surface area contributed by atoms with Crippen molar-refractivity contribution in [3.63, 3.8) is 0 Å². The van der Waals surface area contributed by atoms with E-state index in [1.807, 2.05) is 65.0 Å². The van der Waals surface area contributed by atoms with Crippen LogP contribution in [0.15, 0.2) is 71.6 Å². The second-order valence-corrected chi connectivity index (χ2v) is 12.4. The number of sulfonamides is 1. The number of nitrogens with one attached hydrogen (secondary N) is 1. The minimum absolute atomic E-state index is 0.0482. The SMILES string of the molecule is CC[C@@H](C)NC(=O)[C@H](C)N(Cc1ccc(C)cc1)C(=O)CN(c1cc(C)ccc1OC)S(=O)(=O)c1ccc(C)cc1. The van der Waals surface area contributed by atoms with Crippen LogP contribution in [-0.4, -0.2) is 50.9 Å². The van der Waals surface area contributed by atoms with Crippen LogP contribution < -0.4 is 14.4 Å². The molecule has 0 aliphatic rings. The number of benzene rings is 3. The Morgan fingerprint density at radius 3 is 2.00 bits per heavy atom. The molecule has 3 aromatic rings. The second-order valence-electron chi connectivity index (χ2n) is 10.5. The maximum absolute atomic E-state index is 14.1. The zero-order valence-corrected chi connectivity index (χ0v) is 25.8. The van der Waals surface area contributed by atoms with Crippen molar-refractivity contribution < 1.29 is 22.7 Å². The highest BCUT2D eigenvalue weighted by Gasteiger charge is 2.34. The lowest BCUT2D eigenvalue weighted by atomic mass is 10.1. The summed E-state index contributed by atoms with van der Waals surface area (Å²) in [7, 11) is -2.73. The van der Waals surface area contributed by atoms with Crippen LogP contribution in [0, 0.1) is 20.8 Å². The lowest BCUT2D eigenvalue weighted by Gasteiger charge is -2.33. The van der Waals surface area contributed by atoms with Crippen LogP contribution in [0.4, 0.5) is 5.69 Å². The van der Waals surface area contributed by atoms with Gasteiger partial charge in [0.1, 0.15) is 18.3 Å². The third-order valence-corrected chi connectivity index (χ3v) is 8.91. The Labute approximate surface area is 244 Å². The largest absolute Gasteiger partial charge is 0.495 e. The maximum Gasteiger partial charge on any atom is 0.264 e. The van der Waals surface area contributed by atoms with E-state index in [1.165, 1.54) is 24.1 Å². The molecule has 3 aromatic carbocycles. The third-order valence-electron chi connectivity index (χ3n) is 7.13. The molecule has 0 saturated carbocycles. The summed E-state index contributed by atoms with van der Waals surface area (Å²) < 4.78 is 34.8. The van der Waals surface area contributed by atoms with Gasteiger partial charge in [-0.15, -0.1) is 0 Å². The molecule has 0 aliphatic carbocycles. The van der Waals surface area contributed by atoms with Gasteiger partial charge < -0.3 is 15.0 Å². The average Bonchev–Trinajstić information content (AvgIpc) is 2.95. The Hall–Kier alpha value is -3.85. The number of methoxy groups -OCH3 is 1. The Bertz CT molecular complexity index is 1450. The number of rotatable bonds is 12. The summed E-state index contributed by atoms with van der Waals surface area (Å²) in [6, 6.07) is 18.4. The molecule has 8 nitrogen and oxygen atoms in total. The number of ether oxygens (including phenoxy) is 1. The summed E-state index contributed by atoms with van der Waals surface area (Å²) in [5, 5.41) is 2.95. The molecule has 0 unspecified atom stereocenters. The highest BCUT2D eigenvalue weighted by Crippen LogP contribution is 2.34. The first-order chi connectivity index (χ1) is 19.4. The molecule has 2 atom stereocenters. The number of carbonyl (C=O) groups excluding carboxylic acids is 2. The Morgan fingerprint density at radius 1 is 0.878 bits per heavy atom. The van der Waals surface area contributed by atoms with Crippen molar-refractivity contribution in [1.29, 1.82) is 0 Å². The number of hydrogen-bond donors (Lipinski definition) is 1. The zero-order chi connectivity index (χ0) is 30.3. The van der Waals surface area contributed by atoms with Gasteiger partial charge in [-0.25, -0.2) is 8.42 Å². The molecule has 3 rings (SSSR count). The van der Waals surface area contributed by atoms with Crippen molar-refractivity contribution in [3.8, 4) is 5.75 Å². The number of carbonyl (C=O) groups is 2. The monoisotopic (exact) mass is 579 g/mol. The fraction of sp³-hybridized carbons (Fsp3) is 0.375. The van der Waals surface area contributed by atoms with Gasteiger partial charge in [0, 0.05) is 12.6 Å². The van der Waals surface area contributed by atoms with Gasteiger partial charge in [-0.1, -0.05) is 60.5 Å². The third kappa shape index (κ3) is 7.88. The first kappa shape index (κ1) is 31.7. The molecule has 0 bridgehead atoms. The fourth-order valence-electron chi connectivity index (χ4n) is 4.28. The van der Waals surface area contributed by atoms with Gasteiger partial charge in [-0.05, 0) is 76.4 Å². The van der Waals surface area contributed by atoms with Gasteiger partial charge in [-0.2, -0.15) is 0 Å². The topological polar surface area (TPSA) is 96.0 Å². The summed E-state index contributed by atoms with van der Waals surface area (Å²) in [5.41, 5.74) is 3.85. The standard InChI is InChI=1S/C32H41N3O5S/c1-8-25(5)33-32(37)26(6)34(20-27-14-9-22(2)10-15-27)31(36)21-35(29-19-24(4)13-18-30(29)40-7)41(38,39)28-16-11-23(3)12-17-28/h9-19,25-26H,8,20-21H2,1-7H3,(H,33,37)/t25-,26+/m1/s1. The van der Waals surface area contributed by atoms with Crippen molar-refractivity contribution in [1.82, 2.24) is 10.2 Å². The van der Waals surface area contributed by atoms with Crippen LogP contribution in [0.5, 0.6) is 5.75 Å². The molecule has 0 saturated heterocycles. The normalized spacial score (nSPS) is 12.8. The summed E-state index contributed by atoms with van der Waals surface area (Å²) in [6.07, 6.45) is 0.736. The average molecular weight is 580 g/mol. The fourth-order valence-corrected chi connectivity index (χ4v) is 5.70. The summed E-state index contributed by atoms with van der Waals surface area (Å²) >= 11 is 0. The van der Waals surface area contributed by atoms with E-state index in [4.69, 9.17) is 4.74 Å². The van der Waals surface area contributed by atoms with Crippen molar-refractivity contribution in [3.05, 3.63) is 89.0 Å². The Kier molecular flexibility index (Phi) is 10.6. The van der Waals surface area contributed by atoms with Gasteiger partial charge in [-0.3, -0.25) is 13.9 Å². The summed E-state index contributed by atoms with van der Waals surface area (Å²) in [6.45, 7) is 10.8. The molecule has 0 heterocycles. The number of hydrogen-bond acceptors (Lipinski definition) is 5. The maximum atomic E-state index is 14.1. The van der Waals surface area contributed by atoms with Crippen LogP contribution in [0.1, 0.15) is 49.4 Å². The number of anilines is 1. The molecule has 2 amide bonds. The smallest absolute Gasteiger partial charge is 0.264 e. The van der Waals surface area contributed by atoms with Gasteiger partial charge in [0.15, 0.2) is 0 Å². The molecular weight excluding hydrogens is 538 g/mol. The van der Waals surface area contributed by atoms with Gasteiger partial charge in [0.05, 0.1) is 17.7 Å². The van der Waals surface area contributed by atoms with E-state index >= 15 is 0 Å². The number of amides is 2. The van der Waals surface area contributed by atoms with E-state index in [-0.39, 0.29) is 29.1 Å². The van der Waals surface area contributed by atoms with Gasteiger partial charge in [0.2, 0.25) is 11.8 Å². The lowest BCUT2D eigenvalue weighted by molar-refractivity contribution is -0.139. The van der Waals surface area contributed by atoms with E-state index < -0.39 is 28.5 Å². The molecule has 0 spiro atoms. The molecule has 0 aromatic heterocycles. The highest BCUT2D eigenvalue weighted by molar-refractivity contribution is 7.92. The van der Waals surface area contributed by atoms with Crippen molar-refractivity contribution in [2.75, 3.05) is 18.0 Å². The van der Waals surface area contributed by atoms with Crippen molar-refractivity contribution in [2.45, 2.75) is 71.5 Å².